The van der Waals surface area contributed by atoms with Gasteiger partial charge in [-0.15, -0.1) is 0 Å². The lowest BCUT2D eigenvalue weighted by Gasteiger charge is -2.15. The van der Waals surface area contributed by atoms with E-state index in [-0.39, 0.29) is 5.91 Å². The third kappa shape index (κ3) is 3.63. The molecule has 0 spiro atoms. The number of hydrogen-bond donors (Lipinski definition) is 0. The molecule has 2 rings (SSSR count). The lowest BCUT2D eigenvalue weighted by atomic mass is 10.4. The van der Waals surface area contributed by atoms with Gasteiger partial charge in [0, 0.05) is 13.2 Å². The number of thioether (sulfide) groups is 1. The minimum absolute atomic E-state index is 0.0575. The van der Waals surface area contributed by atoms with E-state index in [9.17, 15) is 4.79 Å². The van der Waals surface area contributed by atoms with Gasteiger partial charge in [-0.1, -0.05) is 17.8 Å². The fourth-order valence-corrected chi connectivity index (χ4v) is 2.20. The van der Waals surface area contributed by atoms with Gasteiger partial charge in [0.1, 0.15) is 5.76 Å². The SMILES string of the molecule is CN(Cc1ccco1)C(=O)CSc1ccccn1. The normalized spacial score (nSPS) is 10.3. The summed E-state index contributed by atoms with van der Waals surface area (Å²) < 4.78 is 5.20. The Labute approximate surface area is 110 Å². The van der Waals surface area contributed by atoms with Gasteiger partial charge >= 0.3 is 0 Å². The van der Waals surface area contributed by atoms with Crippen LogP contribution in [-0.2, 0) is 11.3 Å². The summed E-state index contributed by atoms with van der Waals surface area (Å²) in [5, 5.41) is 0.859. The quantitative estimate of drug-likeness (QED) is 0.776. The molecule has 4 nitrogen and oxygen atoms in total. The summed E-state index contributed by atoms with van der Waals surface area (Å²) in [5.74, 6) is 1.23. The number of furan rings is 1. The molecule has 5 heteroatoms. The molecule has 0 aliphatic heterocycles. The van der Waals surface area contributed by atoms with Gasteiger partial charge in [-0.25, -0.2) is 4.98 Å². The number of amides is 1. The molecule has 0 N–H and O–H groups in total. The van der Waals surface area contributed by atoms with Crippen molar-refractivity contribution < 1.29 is 9.21 Å². The molecular weight excluding hydrogens is 248 g/mol. The van der Waals surface area contributed by atoms with Gasteiger partial charge in [0.05, 0.1) is 23.6 Å². The van der Waals surface area contributed by atoms with Crippen molar-refractivity contribution in [3.05, 3.63) is 48.6 Å². The minimum atomic E-state index is 0.0575. The highest BCUT2D eigenvalue weighted by atomic mass is 32.2. The number of pyridine rings is 1. The highest BCUT2D eigenvalue weighted by molar-refractivity contribution is 7.99. The first-order valence-corrected chi connectivity index (χ1v) is 6.54. The summed E-state index contributed by atoms with van der Waals surface area (Å²) in [6.07, 6.45) is 3.33. The topological polar surface area (TPSA) is 46.3 Å². The highest BCUT2D eigenvalue weighted by Crippen LogP contribution is 2.15. The van der Waals surface area contributed by atoms with Crippen LogP contribution in [0.4, 0.5) is 0 Å². The maximum Gasteiger partial charge on any atom is 0.233 e. The van der Waals surface area contributed by atoms with Crippen molar-refractivity contribution in [2.24, 2.45) is 0 Å². The molecule has 0 saturated heterocycles. The van der Waals surface area contributed by atoms with Gasteiger partial charge < -0.3 is 9.32 Å². The molecule has 2 aromatic heterocycles. The zero-order valence-electron chi connectivity index (χ0n) is 10.1. The van der Waals surface area contributed by atoms with Gasteiger partial charge in [0.25, 0.3) is 0 Å². The number of rotatable bonds is 5. The summed E-state index contributed by atoms with van der Waals surface area (Å²) in [6.45, 7) is 0.495. The lowest BCUT2D eigenvalue weighted by Crippen LogP contribution is -2.27. The first-order valence-electron chi connectivity index (χ1n) is 5.56. The van der Waals surface area contributed by atoms with Gasteiger partial charge in [-0.2, -0.15) is 0 Å². The second-order valence-corrected chi connectivity index (χ2v) is 4.78. The zero-order chi connectivity index (χ0) is 12.8. The van der Waals surface area contributed by atoms with Gasteiger partial charge in [0.2, 0.25) is 5.91 Å². The summed E-state index contributed by atoms with van der Waals surface area (Å²) in [6, 6.07) is 9.33. The average Bonchev–Trinajstić information content (AvgIpc) is 2.90. The van der Waals surface area contributed by atoms with Crippen LogP contribution < -0.4 is 0 Å². The smallest absolute Gasteiger partial charge is 0.233 e. The molecule has 18 heavy (non-hydrogen) atoms. The molecule has 0 unspecified atom stereocenters. The van der Waals surface area contributed by atoms with E-state index in [4.69, 9.17) is 4.42 Å². The average molecular weight is 262 g/mol. The number of hydrogen-bond acceptors (Lipinski definition) is 4. The maximum atomic E-state index is 11.9. The third-order valence-corrected chi connectivity index (χ3v) is 3.31. The molecule has 2 heterocycles. The van der Waals surface area contributed by atoms with E-state index >= 15 is 0 Å². The number of carbonyl (C=O) groups is 1. The molecule has 0 atom stereocenters. The molecule has 0 aromatic carbocycles. The second kappa shape index (κ2) is 6.26. The van der Waals surface area contributed by atoms with Crippen LogP contribution in [0.5, 0.6) is 0 Å². The molecule has 2 aromatic rings. The van der Waals surface area contributed by atoms with Crippen molar-refractivity contribution in [1.29, 1.82) is 0 Å². The summed E-state index contributed by atoms with van der Waals surface area (Å²) in [7, 11) is 1.77. The Morgan fingerprint density at radius 1 is 1.39 bits per heavy atom. The molecule has 0 aliphatic carbocycles. The third-order valence-electron chi connectivity index (χ3n) is 2.38. The van der Waals surface area contributed by atoms with Crippen LogP contribution in [0.15, 0.2) is 52.2 Å². The van der Waals surface area contributed by atoms with Gasteiger partial charge in [0.15, 0.2) is 0 Å². The Morgan fingerprint density at radius 3 is 2.94 bits per heavy atom. The van der Waals surface area contributed by atoms with Crippen molar-refractivity contribution in [2.45, 2.75) is 11.6 Å². The first-order chi connectivity index (χ1) is 8.75. The van der Waals surface area contributed by atoms with Crippen LogP contribution in [0.3, 0.4) is 0 Å². The predicted molar refractivity (Wildman–Crippen MR) is 70.1 cm³/mol. The van der Waals surface area contributed by atoms with Crippen LogP contribution >= 0.6 is 11.8 Å². The van der Waals surface area contributed by atoms with Crippen molar-refractivity contribution in [2.75, 3.05) is 12.8 Å². The number of aromatic nitrogens is 1. The fraction of sp³-hybridized carbons (Fsp3) is 0.231. The van der Waals surface area contributed by atoms with Gasteiger partial charge in [-0.05, 0) is 24.3 Å². The molecule has 0 bridgehead atoms. The first kappa shape index (κ1) is 12.7. The van der Waals surface area contributed by atoms with E-state index in [0.717, 1.165) is 10.8 Å². The standard InChI is InChI=1S/C13H14N2O2S/c1-15(9-11-5-4-8-17-11)13(16)10-18-12-6-2-3-7-14-12/h2-8H,9-10H2,1H3. The molecule has 94 valence electrons. The van der Waals surface area contributed by atoms with Crippen LogP contribution in [0.25, 0.3) is 0 Å². The summed E-state index contributed by atoms with van der Waals surface area (Å²) >= 11 is 1.44. The Morgan fingerprint density at radius 2 is 2.28 bits per heavy atom. The molecule has 1 amide bonds. The van der Waals surface area contributed by atoms with E-state index in [1.807, 2.05) is 30.3 Å². The van der Waals surface area contributed by atoms with Crippen LogP contribution in [0, 0.1) is 0 Å². The summed E-state index contributed by atoms with van der Waals surface area (Å²) in [5.41, 5.74) is 0. The largest absolute Gasteiger partial charge is 0.467 e. The van der Waals surface area contributed by atoms with Crippen molar-refractivity contribution in [3.8, 4) is 0 Å². The zero-order valence-corrected chi connectivity index (χ0v) is 10.9. The summed E-state index contributed by atoms with van der Waals surface area (Å²) in [4.78, 5) is 17.7. The van der Waals surface area contributed by atoms with Crippen LogP contribution in [-0.4, -0.2) is 28.6 Å². The predicted octanol–water partition coefficient (Wildman–Crippen LogP) is 2.43. The highest BCUT2D eigenvalue weighted by Gasteiger charge is 2.11. The molecule has 0 aliphatic rings. The van der Waals surface area contributed by atoms with E-state index in [2.05, 4.69) is 4.98 Å². The van der Waals surface area contributed by atoms with Gasteiger partial charge in [-0.3, -0.25) is 4.79 Å². The van der Waals surface area contributed by atoms with E-state index in [1.54, 1.807) is 24.4 Å². The molecule has 0 radical (unpaired) electrons. The number of nitrogens with zero attached hydrogens (tertiary/aromatic N) is 2. The maximum absolute atomic E-state index is 11.9. The van der Waals surface area contributed by atoms with E-state index < -0.39 is 0 Å². The van der Waals surface area contributed by atoms with Crippen molar-refractivity contribution >= 4 is 17.7 Å². The molecule has 0 saturated carbocycles. The second-order valence-electron chi connectivity index (χ2n) is 3.79. The van der Waals surface area contributed by atoms with E-state index in [0.29, 0.717) is 12.3 Å². The Kier molecular flexibility index (Phi) is 4.41. The van der Waals surface area contributed by atoms with Crippen LogP contribution in [0.2, 0.25) is 0 Å². The monoisotopic (exact) mass is 262 g/mol. The van der Waals surface area contributed by atoms with Crippen LogP contribution in [0.1, 0.15) is 5.76 Å². The van der Waals surface area contributed by atoms with Crippen molar-refractivity contribution in [1.82, 2.24) is 9.88 Å². The Balaban J connectivity index is 1.81. The molecular formula is C13H14N2O2S. The Bertz CT molecular complexity index is 485. The molecule has 0 fully saturated rings. The minimum Gasteiger partial charge on any atom is -0.467 e. The lowest BCUT2D eigenvalue weighted by molar-refractivity contribution is -0.127. The fourth-order valence-electron chi connectivity index (χ4n) is 1.40. The number of carbonyl (C=O) groups excluding carboxylic acids is 1. The van der Waals surface area contributed by atoms with Crippen molar-refractivity contribution in [3.63, 3.8) is 0 Å². The van der Waals surface area contributed by atoms with E-state index in [1.165, 1.54) is 11.8 Å². The Hall–Kier alpha value is -1.75.